The fraction of sp³-hybridized carbons (Fsp3) is 0.550. The van der Waals surface area contributed by atoms with E-state index in [1.54, 1.807) is 6.92 Å². The zero-order valence-corrected chi connectivity index (χ0v) is 16.8. The lowest BCUT2D eigenvalue weighted by atomic mass is 10.2. The lowest BCUT2D eigenvalue weighted by Crippen LogP contribution is -2.30. The molecule has 8 heteroatoms. The molecule has 0 radical (unpaired) electrons. The molecule has 2 aromatic rings. The van der Waals surface area contributed by atoms with Crippen molar-refractivity contribution in [3.63, 3.8) is 0 Å². The molecule has 154 valence electrons. The Labute approximate surface area is 165 Å². The van der Waals surface area contributed by atoms with Crippen molar-refractivity contribution < 1.29 is 24.2 Å². The number of aromatic nitrogens is 2. The second-order valence-electron chi connectivity index (χ2n) is 6.47. The molecule has 1 N–H and O–H groups in total. The molecule has 0 spiro atoms. The molecule has 1 heterocycles. The van der Waals surface area contributed by atoms with Crippen LogP contribution in [-0.4, -0.2) is 59.5 Å². The van der Waals surface area contributed by atoms with Crippen LogP contribution in [0.3, 0.4) is 0 Å². The third-order valence-electron chi connectivity index (χ3n) is 4.45. The van der Waals surface area contributed by atoms with Crippen molar-refractivity contribution in [1.82, 2.24) is 9.55 Å². The van der Waals surface area contributed by atoms with Gasteiger partial charge in [-0.05, 0) is 31.5 Å². The molecule has 0 unspecified atom stereocenters. The van der Waals surface area contributed by atoms with Gasteiger partial charge in [-0.25, -0.2) is 4.98 Å². The summed E-state index contributed by atoms with van der Waals surface area (Å²) >= 11 is 0. The van der Waals surface area contributed by atoms with Crippen LogP contribution < -0.4 is 4.90 Å². The summed E-state index contributed by atoms with van der Waals surface area (Å²) in [6.45, 7) is 4.76. The summed E-state index contributed by atoms with van der Waals surface area (Å²) in [5.74, 6) is 0.401. The molecule has 0 amide bonds. The van der Waals surface area contributed by atoms with Gasteiger partial charge in [0.15, 0.2) is 0 Å². The van der Waals surface area contributed by atoms with E-state index in [0.29, 0.717) is 39.0 Å². The molecular weight excluding hydrogens is 362 g/mol. The maximum atomic E-state index is 11.5. The average molecular weight is 391 g/mol. The average Bonchev–Trinajstić information content (AvgIpc) is 2.96. The third kappa shape index (κ3) is 5.95. The van der Waals surface area contributed by atoms with Crippen molar-refractivity contribution in [1.29, 1.82) is 0 Å². The predicted molar refractivity (Wildman–Crippen MR) is 106 cm³/mol. The van der Waals surface area contributed by atoms with Gasteiger partial charge in [-0.3, -0.25) is 9.59 Å². The van der Waals surface area contributed by atoms with Gasteiger partial charge >= 0.3 is 11.9 Å². The van der Waals surface area contributed by atoms with E-state index >= 15 is 0 Å². The van der Waals surface area contributed by atoms with Crippen molar-refractivity contribution in [2.24, 2.45) is 7.05 Å². The molecule has 0 aliphatic rings. The summed E-state index contributed by atoms with van der Waals surface area (Å²) in [7, 11) is 1.96. The largest absolute Gasteiger partial charge is 0.466 e. The molecule has 0 saturated carbocycles. The summed E-state index contributed by atoms with van der Waals surface area (Å²) in [4.78, 5) is 29.1. The zero-order valence-electron chi connectivity index (χ0n) is 16.8. The molecule has 28 heavy (non-hydrogen) atoms. The van der Waals surface area contributed by atoms with E-state index in [1.165, 1.54) is 6.92 Å². The number of imidazole rings is 1. The number of ether oxygens (including phenoxy) is 2. The van der Waals surface area contributed by atoms with E-state index < -0.39 is 0 Å². The van der Waals surface area contributed by atoms with E-state index in [4.69, 9.17) is 14.5 Å². The van der Waals surface area contributed by atoms with E-state index in [2.05, 4.69) is 0 Å². The van der Waals surface area contributed by atoms with Gasteiger partial charge in [-0.15, -0.1) is 0 Å². The maximum Gasteiger partial charge on any atom is 0.305 e. The van der Waals surface area contributed by atoms with E-state index in [0.717, 1.165) is 22.5 Å². The van der Waals surface area contributed by atoms with Crippen LogP contribution in [0.4, 0.5) is 5.69 Å². The van der Waals surface area contributed by atoms with Gasteiger partial charge in [0.25, 0.3) is 0 Å². The number of carbonyl (C=O) groups excluding carboxylic acids is 2. The van der Waals surface area contributed by atoms with E-state index in [9.17, 15) is 14.7 Å². The number of anilines is 1. The quantitative estimate of drug-likeness (QED) is 0.584. The van der Waals surface area contributed by atoms with Crippen molar-refractivity contribution in [3.05, 3.63) is 24.0 Å². The highest BCUT2D eigenvalue weighted by Gasteiger charge is 2.13. The number of benzene rings is 1. The Balaban J connectivity index is 2.10. The van der Waals surface area contributed by atoms with Crippen LogP contribution in [0.2, 0.25) is 0 Å². The SMILES string of the molecule is CCOC(=O)CCCc1nc2cc(N(CCO)CCOC(C)=O)ccc2n1C. The van der Waals surface area contributed by atoms with Crippen LogP contribution >= 0.6 is 0 Å². The van der Waals surface area contributed by atoms with Gasteiger partial charge in [-0.1, -0.05) is 0 Å². The van der Waals surface area contributed by atoms with Crippen LogP contribution in [0, 0.1) is 0 Å². The van der Waals surface area contributed by atoms with Crippen LogP contribution in [0.5, 0.6) is 0 Å². The van der Waals surface area contributed by atoms with Gasteiger partial charge in [-0.2, -0.15) is 0 Å². The highest BCUT2D eigenvalue weighted by Crippen LogP contribution is 2.23. The molecule has 0 atom stereocenters. The van der Waals surface area contributed by atoms with Crippen LogP contribution in [0.15, 0.2) is 18.2 Å². The molecule has 0 bridgehead atoms. The van der Waals surface area contributed by atoms with Crippen molar-refractivity contribution >= 4 is 28.7 Å². The maximum absolute atomic E-state index is 11.5. The first kappa shape index (κ1) is 21.7. The normalized spacial score (nSPS) is 10.9. The second kappa shape index (κ2) is 10.7. The number of esters is 2. The first-order chi connectivity index (χ1) is 13.5. The van der Waals surface area contributed by atoms with Crippen LogP contribution in [0.25, 0.3) is 11.0 Å². The topological polar surface area (TPSA) is 93.9 Å². The highest BCUT2D eigenvalue weighted by atomic mass is 16.5. The highest BCUT2D eigenvalue weighted by molar-refractivity contribution is 5.80. The number of nitrogens with zero attached hydrogens (tertiary/aromatic N) is 3. The minimum Gasteiger partial charge on any atom is -0.466 e. The molecule has 1 aromatic carbocycles. The number of fused-ring (bicyclic) bond motifs is 1. The lowest BCUT2D eigenvalue weighted by molar-refractivity contribution is -0.143. The van der Waals surface area contributed by atoms with Crippen LogP contribution in [-0.2, 0) is 32.5 Å². The van der Waals surface area contributed by atoms with Crippen molar-refractivity contribution in [2.45, 2.75) is 33.1 Å². The number of aliphatic hydroxyl groups excluding tert-OH is 1. The number of aryl methyl sites for hydroxylation is 2. The van der Waals surface area contributed by atoms with Gasteiger partial charge in [0.05, 0.1) is 30.8 Å². The number of carbonyl (C=O) groups is 2. The standard InChI is InChI=1S/C20H29N3O5/c1-4-27-20(26)7-5-6-19-21-17-14-16(8-9-18(17)22(19)3)23(10-12-24)11-13-28-15(2)25/h8-9,14,24H,4-7,10-13H2,1-3H3. The third-order valence-corrected chi connectivity index (χ3v) is 4.45. The smallest absolute Gasteiger partial charge is 0.305 e. The number of hydrogen-bond donors (Lipinski definition) is 1. The Morgan fingerprint density at radius 2 is 2.04 bits per heavy atom. The number of aliphatic hydroxyl groups is 1. The van der Waals surface area contributed by atoms with Crippen molar-refractivity contribution in [3.8, 4) is 0 Å². The summed E-state index contributed by atoms with van der Waals surface area (Å²) in [6, 6.07) is 5.92. The summed E-state index contributed by atoms with van der Waals surface area (Å²) in [6.07, 6.45) is 1.75. The number of rotatable bonds is 11. The molecule has 0 aliphatic carbocycles. The predicted octanol–water partition coefficient (Wildman–Crippen LogP) is 1.82. The Hall–Kier alpha value is -2.61. The Kier molecular flexibility index (Phi) is 8.25. The molecule has 0 aliphatic heterocycles. The monoisotopic (exact) mass is 391 g/mol. The first-order valence-electron chi connectivity index (χ1n) is 9.56. The van der Waals surface area contributed by atoms with Gasteiger partial charge in [0.2, 0.25) is 0 Å². The number of hydrogen-bond acceptors (Lipinski definition) is 7. The van der Waals surface area contributed by atoms with E-state index in [1.807, 2.05) is 34.7 Å². The first-order valence-corrected chi connectivity index (χ1v) is 9.56. The second-order valence-corrected chi connectivity index (χ2v) is 6.47. The Morgan fingerprint density at radius 1 is 1.25 bits per heavy atom. The summed E-state index contributed by atoms with van der Waals surface area (Å²) in [5.41, 5.74) is 2.75. The van der Waals surface area contributed by atoms with Crippen LogP contribution in [0.1, 0.15) is 32.5 Å². The summed E-state index contributed by atoms with van der Waals surface area (Å²) < 4.78 is 12.0. The molecule has 0 saturated heterocycles. The zero-order chi connectivity index (χ0) is 20.5. The van der Waals surface area contributed by atoms with Crippen molar-refractivity contribution in [2.75, 3.05) is 37.8 Å². The molecule has 0 fully saturated rings. The molecule has 8 nitrogen and oxygen atoms in total. The Morgan fingerprint density at radius 3 is 2.71 bits per heavy atom. The molecular formula is C20H29N3O5. The van der Waals surface area contributed by atoms with Gasteiger partial charge < -0.3 is 24.0 Å². The minimum absolute atomic E-state index is 0.000559. The fourth-order valence-corrected chi connectivity index (χ4v) is 3.07. The Bertz CT molecular complexity index is 802. The molecule has 2 rings (SSSR count). The van der Waals surface area contributed by atoms with Gasteiger partial charge in [0, 0.05) is 39.0 Å². The lowest BCUT2D eigenvalue weighted by Gasteiger charge is -2.23. The fourth-order valence-electron chi connectivity index (χ4n) is 3.07. The van der Waals surface area contributed by atoms with Gasteiger partial charge in [0.1, 0.15) is 12.4 Å². The minimum atomic E-state index is -0.323. The summed E-state index contributed by atoms with van der Waals surface area (Å²) in [5, 5.41) is 9.34. The van der Waals surface area contributed by atoms with E-state index in [-0.39, 0.29) is 25.2 Å². The molecule has 1 aromatic heterocycles.